The van der Waals surface area contributed by atoms with Crippen LogP contribution in [0.5, 0.6) is 0 Å². The van der Waals surface area contributed by atoms with Crippen LogP contribution in [0.1, 0.15) is 29.3 Å². The molecule has 1 unspecified atom stereocenters. The highest BCUT2D eigenvalue weighted by Crippen LogP contribution is 2.36. The van der Waals surface area contributed by atoms with Gasteiger partial charge in [-0.3, -0.25) is 9.79 Å². The lowest BCUT2D eigenvalue weighted by atomic mass is 9.89. The molecule has 0 saturated heterocycles. The molecule has 0 aromatic heterocycles. The molecular formula is C18H16F3N3OS. The quantitative estimate of drug-likeness (QED) is 0.846. The Labute approximate surface area is 152 Å². The Kier molecular flexibility index (Phi) is 4.95. The Morgan fingerprint density at radius 2 is 1.96 bits per heavy atom. The summed E-state index contributed by atoms with van der Waals surface area (Å²) in [5.41, 5.74) is 5.36. The van der Waals surface area contributed by atoms with Crippen molar-refractivity contribution in [2.75, 3.05) is 11.1 Å². The standard InChI is InChI=1S/C18H16F3N3OS/c1-18(6-7-26-17(22)24-18)10-2-5-13(20)15(8-10)23-16(25)12-4-3-11(19)9-14(12)21/h2-5,8-9H,6-7H2,1H3,(H2,22,24)(H,23,25). The minimum Gasteiger partial charge on any atom is -0.379 e. The number of benzene rings is 2. The third-order valence-corrected chi connectivity index (χ3v) is 5.00. The molecule has 0 fully saturated rings. The summed E-state index contributed by atoms with van der Waals surface area (Å²) in [4.78, 5) is 16.7. The molecule has 0 radical (unpaired) electrons. The van der Waals surface area contributed by atoms with Crippen LogP contribution in [0.2, 0.25) is 0 Å². The number of amidine groups is 1. The SMILES string of the molecule is CC1(c2ccc(F)c(NC(=O)c3ccc(F)cc3F)c2)CCSC(N)=N1. The third-order valence-electron chi connectivity index (χ3n) is 4.21. The van der Waals surface area contributed by atoms with Crippen molar-refractivity contribution < 1.29 is 18.0 Å². The zero-order chi connectivity index (χ0) is 18.9. The first-order valence-electron chi connectivity index (χ1n) is 7.83. The van der Waals surface area contributed by atoms with Gasteiger partial charge in [-0.15, -0.1) is 0 Å². The van der Waals surface area contributed by atoms with Crippen molar-refractivity contribution in [3.63, 3.8) is 0 Å². The molecule has 3 N–H and O–H groups in total. The molecule has 1 amide bonds. The first-order valence-corrected chi connectivity index (χ1v) is 8.81. The fourth-order valence-electron chi connectivity index (χ4n) is 2.71. The number of hydrogen-bond acceptors (Lipinski definition) is 4. The van der Waals surface area contributed by atoms with E-state index in [0.717, 1.165) is 17.9 Å². The lowest BCUT2D eigenvalue weighted by Crippen LogP contribution is -2.29. The minimum absolute atomic E-state index is 0.107. The molecule has 0 aliphatic carbocycles. The molecule has 1 heterocycles. The number of nitrogens with one attached hydrogen (secondary N) is 1. The van der Waals surface area contributed by atoms with E-state index in [0.29, 0.717) is 23.2 Å². The van der Waals surface area contributed by atoms with Crippen LogP contribution in [0.3, 0.4) is 0 Å². The van der Waals surface area contributed by atoms with E-state index in [1.807, 2.05) is 6.92 Å². The van der Waals surface area contributed by atoms with Crippen LogP contribution in [0, 0.1) is 17.5 Å². The van der Waals surface area contributed by atoms with Crippen molar-refractivity contribution in [3.8, 4) is 0 Å². The number of aliphatic imine (C=N–C) groups is 1. The first kappa shape index (κ1) is 18.3. The monoisotopic (exact) mass is 379 g/mol. The topological polar surface area (TPSA) is 67.5 Å². The van der Waals surface area contributed by atoms with E-state index in [-0.39, 0.29) is 11.3 Å². The van der Waals surface area contributed by atoms with Crippen molar-refractivity contribution >= 4 is 28.5 Å². The van der Waals surface area contributed by atoms with Crippen LogP contribution in [-0.2, 0) is 5.54 Å². The number of halogens is 3. The van der Waals surface area contributed by atoms with E-state index in [1.54, 1.807) is 6.07 Å². The summed E-state index contributed by atoms with van der Waals surface area (Å²) in [6.45, 7) is 1.87. The van der Waals surface area contributed by atoms with E-state index in [9.17, 15) is 18.0 Å². The van der Waals surface area contributed by atoms with Crippen molar-refractivity contribution in [2.24, 2.45) is 10.7 Å². The average molecular weight is 379 g/mol. The molecule has 0 spiro atoms. The van der Waals surface area contributed by atoms with Gasteiger partial charge in [0.15, 0.2) is 5.17 Å². The van der Waals surface area contributed by atoms with Crippen molar-refractivity contribution in [1.29, 1.82) is 0 Å². The van der Waals surface area contributed by atoms with Crippen LogP contribution in [-0.4, -0.2) is 16.8 Å². The summed E-state index contributed by atoms with van der Waals surface area (Å²) in [5, 5.41) is 2.78. The predicted molar refractivity (Wildman–Crippen MR) is 96.8 cm³/mol. The van der Waals surface area contributed by atoms with Gasteiger partial charge in [0.05, 0.1) is 16.8 Å². The van der Waals surface area contributed by atoms with Crippen LogP contribution < -0.4 is 11.1 Å². The smallest absolute Gasteiger partial charge is 0.258 e. The van der Waals surface area contributed by atoms with Crippen LogP contribution in [0.15, 0.2) is 41.4 Å². The van der Waals surface area contributed by atoms with Gasteiger partial charge in [-0.1, -0.05) is 17.8 Å². The molecule has 1 atom stereocenters. The Morgan fingerprint density at radius 3 is 2.65 bits per heavy atom. The maximum absolute atomic E-state index is 14.1. The van der Waals surface area contributed by atoms with Crippen LogP contribution >= 0.6 is 11.8 Å². The Hall–Kier alpha value is -2.48. The van der Waals surface area contributed by atoms with Gasteiger partial charge >= 0.3 is 0 Å². The molecule has 1 aliphatic heterocycles. The molecule has 0 saturated carbocycles. The van der Waals surface area contributed by atoms with Gasteiger partial charge < -0.3 is 11.1 Å². The Morgan fingerprint density at radius 1 is 1.19 bits per heavy atom. The zero-order valence-electron chi connectivity index (χ0n) is 13.9. The van der Waals surface area contributed by atoms with E-state index in [1.165, 1.54) is 23.9 Å². The summed E-state index contributed by atoms with van der Waals surface area (Å²) >= 11 is 1.44. The molecule has 3 rings (SSSR count). The Bertz CT molecular complexity index is 903. The maximum Gasteiger partial charge on any atom is 0.258 e. The van der Waals surface area contributed by atoms with Crippen LogP contribution in [0.4, 0.5) is 18.9 Å². The molecule has 1 aliphatic rings. The average Bonchev–Trinajstić information content (AvgIpc) is 2.56. The van der Waals surface area contributed by atoms with Crippen molar-refractivity contribution in [3.05, 3.63) is 65.0 Å². The van der Waals surface area contributed by atoms with Gasteiger partial charge in [-0.2, -0.15) is 0 Å². The normalized spacial score (nSPS) is 19.8. The van der Waals surface area contributed by atoms with Gasteiger partial charge in [0.25, 0.3) is 5.91 Å². The van der Waals surface area contributed by atoms with Crippen molar-refractivity contribution in [1.82, 2.24) is 0 Å². The van der Waals surface area contributed by atoms with Gasteiger partial charge in [0.2, 0.25) is 0 Å². The highest BCUT2D eigenvalue weighted by Gasteiger charge is 2.30. The summed E-state index contributed by atoms with van der Waals surface area (Å²) in [6.07, 6.45) is 0.698. The third kappa shape index (κ3) is 3.70. The molecule has 136 valence electrons. The zero-order valence-corrected chi connectivity index (χ0v) is 14.7. The van der Waals surface area contributed by atoms with Gasteiger partial charge in [-0.25, -0.2) is 13.2 Å². The summed E-state index contributed by atoms with van der Waals surface area (Å²) in [7, 11) is 0. The molecule has 2 aromatic carbocycles. The number of hydrogen-bond donors (Lipinski definition) is 2. The summed E-state index contributed by atoms with van der Waals surface area (Å²) in [5.74, 6) is -2.59. The first-order chi connectivity index (χ1) is 12.3. The molecule has 8 heteroatoms. The maximum atomic E-state index is 14.1. The number of amides is 1. The molecule has 26 heavy (non-hydrogen) atoms. The van der Waals surface area contributed by atoms with Crippen LogP contribution in [0.25, 0.3) is 0 Å². The number of thioether (sulfide) groups is 1. The Balaban J connectivity index is 1.91. The summed E-state index contributed by atoms with van der Waals surface area (Å²) in [6, 6.07) is 6.82. The molecule has 2 aromatic rings. The second-order valence-corrected chi connectivity index (χ2v) is 7.21. The van der Waals surface area contributed by atoms with E-state index < -0.39 is 28.9 Å². The minimum atomic E-state index is -1.02. The van der Waals surface area contributed by atoms with E-state index in [4.69, 9.17) is 5.73 Å². The van der Waals surface area contributed by atoms with Crippen molar-refractivity contribution in [2.45, 2.75) is 18.9 Å². The second-order valence-electron chi connectivity index (χ2n) is 6.10. The highest BCUT2D eigenvalue weighted by molar-refractivity contribution is 8.13. The van der Waals surface area contributed by atoms with E-state index in [2.05, 4.69) is 10.3 Å². The number of carbonyl (C=O) groups excluding carboxylic acids is 1. The lowest BCUT2D eigenvalue weighted by Gasteiger charge is -2.30. The highest BCUT2D eigenvalue weighted by atomic mass is 32.2. The van der Waals surface area contributed by atoms with Gasteiger partial charge in [0.1, 0.15) is 17.5 Å². The number of nitrogens with two attached hydrogens (primary N) is 1. The van der Waals surface area contributed by atoms with Gasteiger partial charge in [0, 0.05) is 11.8 Å². The predicted octanol–water partition coefficient (Wildman–Crippen LogP) is 4.02. The number of rotatable bonds is 3. The number of anilines is 1. The fourth-order valence-corrected chi connectivity index (χ4v) is 3.69. The fraction of sp³-hybridized carbons (Fsp3) is 0.222. The molecular weight excluding hydrogens is 363 g/mol. The molecule has 0 bridgehead atoms. The number of carbonyl (C=O) groups is 1. The van der Waals surface area contributed by atoms with E-state index >= 15 is 0 Å². The molecule has 4 nitrogen and oxygen atoms in total. The lowest BCUT2D eigenvalue weighted by molar-refractivity contribution is 0.102. The van der Waals surface area contributed by atoms with Gasteiger partial charge in [-0.05, 0) is 43.2 Å². The second kappa shape index (κ2) is 7.03. The summed E-state index contributed by atoms with van der Waals surface area (Å²) < 4.78 is 40.9. The number of nitrogens with zero attached hydrogens (tertiary/aromatic N) is 1. The largest absolute Gasteiger partial charge is 0.379 e.